The van der Waals surface area contributed by atoms with Crippen LogP contribution in [0.15, 0.2) is 46.0 Å². The fourth-order valence-electron chi connectivity index (χ4n) is 2.37. The predicted molar refractivity (Wildman–Crippen MR) is 112 cm³/mol. The van der Waals surface area contributed by atoms with Crippen molar-refractivity contribution in [2.75, 3.05) is 24.6 Å². The highest BCUT2D eigenvalue weighted by atomic mass is 79.9. The van der Waals surface area contributed by atoms with E-state index in [1.165, 1.54) is 6.21 Å². The van der Waals surface area contributed by atoms with Gasteiger partial charge in [-0.25, -0.2) is 5.43 Å². The number of anilines is 1. The van der Waals surface area contributed by atoms with Gasteiger partial charge in [0, 0.05) is 34.9 Å². The van der Waals surface area contributed by atoms with Crippen LogP contribution in [0.4, 0.5) is 5.69 Å². The third kappa shape index (κ3) is 6.15. The molecule has 0 aliphatic heterocycles. The molecule has 0 saturated heterocycles. The standard InChI is InChI=1S/C19H21BrClN3O3/c1-3-24(4-2)15-7-5-13(17(25)10-15)11-22-23-19(26)12-27-18-8-6-14(20)9-16(18)21/h5-11,25H,3-4,12H2,1-2H3,(H,23,26)/b22-11+. The van der Waals surface area contributed by atoms with Crippen molar-refractivity contribution in [3.05, 3.63) is 51.5 Å². The Kier molecular flexibility index (Phi) is 7.94. The summed E-state index contributed by atoms with van der Waals surface area (Å²) in [5, 5.41) is 14.4. The summed E-state index contributed by atoms with van der Waals surface area (Å²) in [6.45, 7) is 5.57. The molecule has 0 heterocycles. The van der Waals surface area contributed by atoms with Crippen molar-refractivity contribution in [2.45, 2.75) is 13.8 Å². The van der Waals surface area contributed by atoms with Crippen LogP contribution < -0.4 is 15.1 Å². The van der Waals surface area contributed by atoms with Crippen molar-refractivity contribution >= 4 is 45.3 Å². The molecule has 2 aromatic carbocycles. The van der Waals surface area contributed by atoms with E-state index >= 15 is 0 Å². The Morgan fingerprint density at radius 1 is 1.30 bits per heavy atom. The van der Waals surface area contributed by atoms with Crippen LogP contribution in [0.5, 0.6) is 11.5 Å². The molecule has 0 aromatic heterocycles. The molecule has 0 spiro atoms. The maximum absolute atomic E-state index is 11.8. The number of hydrazone groups is 1. The lowest BCUT2D eigenvalue weighted by molar-refractivity contribution is -0.123. The minimum atomic E-state index is -0.440. The van der Waals surface area contributed by atoms with Crippen LogP contribution in [0, 0.1) is 0 Å². The van der Waals surface area contributed by atoms with Crippen LogP contribution in [-0.4, -0.2) is 36.9 Å². The molecule has 0 aliphatic rings. The Morgan fingerprint density at radius 2 is 2.04 bits per heavy atom. The summed E-state index contributed by atoms with van der Waals surface area (Å²) >= 11 is 9.32. The van der Waals surface area contributed by atoms with Crippen LogP contribution in [0.2, 0.25) is 5.02 Å². The van der Waals surface area contributed by atoms with Crippen molar-refractivity contribution in [3.8, 4) is 11.5 Å². The molecule has 27 heavy (non-hydrogen) atoms. The van der Waals surface area contributed by atoms with Crippen molar-refractivity contribution < 1.29 is 14.6 Å². The number of benzene rings is 2. The number of ether oxygens (including phenoxy) is 1. The van der Waals surface area contributed by atoms with Gasteiger partial charge in [0.1, 0.15) is 11.5 Å². The number of hydrogen-bond acceptors (Lipinski definition) is 5. The largest absolute Gasteiger partial charge is 0.507 e. The van der Waals surface area contributed by atoms with E-state index in [9.17, 15) is 9.90 Å². The van der Waals surface area contributed by atoms with E-state index in [4.69, 9.17) is 16.3 Å². The smallest absolute Gasteiger partial charge is 0.277 e. The van der Waals surface area contributed by atoms with Crippen molar-refractivity contribution in [1.82, 2.24) is 5.43 Å². The molecular formula is C19H21BrClN3O3. The average molecular weight is 455 g/mol. The number of carbonyl (C=O) groups excluding carboxylic acids is 1. The molecule has 8 heteroatoms. The lowest BCUT2D eigenvalue weighted by Crippen LogP contribution is -2.24. The first kappa shape index (κ1) is 21.1. The second-order valence-corrected chi connectivity index (χ2v) is 6.89. The molecule has 0 radical (unpaired) electrons. The zero-order chi connectivity index (χ0) is 19.8. The van der Waals surface area contributed by atoms with Crippen molar-refractivity contribution in [2.24, 2.45) is 5.10 Å². The number of phenols is 1. The normalized spacial score (nSPS) is 10.8. The van der Waals surface area contributed by atoms with Crippen LogP contribution >= 0.6 is 27.5 Å². The molecule has 2 aromatic rings. The number of halogens is 2. The zero-order valence-electron chi connectivity index (χ0n) is 15.1. The molecule has 0 atom stereocenters. The summed E-state index contributed by atoms with van der Waals surface area (Å²) < 4.78 is 6.17. The number of rotatable bonds is 8. The number of hydrogen-bond donors (Lipinski definition) is 2. The molecule has 144 valence electrons. The lowest BCUT2D eigenvalue weighted by atomic mass is 10.2. The highest BCUT2D eigenvalue weighted by Gasteiger charge is 2.07. The molecule has 0 bridgehead atoms. The van der Waals surface area contributed by atoms with Gasteiger partial charge in [0.15, 0.2) is 6.61 Å². The average Bonchev–Trinajstić information content (AvgIpc) is 2.63. The van der Waals surface area contributed by atoms with E-state index in [2.05, 4.69) is 45.2 Å². The summed E-state index contributed by atoms with van der Waals surface area (Å²) in [6.07, 6.45) is 1.38. The van der Waals surface area contributed by atoms with Crippen LogP contribution in [0.1, 0.15) is 19.4 Å². The topological polar surface area (TPSA) is 74.2 Å². The number of carbonyl (C=O) groups is 1. The Bertz CT molecular complexity index is 826. The van der Waals surface area contributed by atoms with E-state index in [0.29, 0.717) is 16.3 Å². The molecule has 0 saturated carbocycles. The van der Waals surface area contributed by atoms with E-state index in [1.54, 1.807) is 30.3 Å². The third-order valence-corrected chi connectivity index (χ3v) is 4.58. The van der Waals surface area contributed by atoms with E-state index in [0.717, 1.165) is 23.2 Å². The Hall–Kier alpha value is -2.25. The van der Waals surface area contributed by atoms with Crippen molar-refractivity contribution in [1.29, 1.82) is 0 Å². The monoisotopic (exact) mass is 453 g/mol. The lowest BCUT2D eigenvalue weighted by Gasteiger charge is -2.21. The molecule has 0 unspecified atom stereocenters. The summed E-state index contributed by atoms with van der Waals surface area (Å²) in [4.78, 5) is 13.9. The van der Waals surface area contributed by atoms with Gasteiger partial charge in [-0.2, -0.15) is 5.10 Å². The van der Waals surface area contributed by atoms with Gasteiger partial charge in [0.05, 0.1) is 11.2 Å². The SMILES string of the molecule is CCN(CC)c1ccc(/C=N/NC(=O)COc2ccc(Br)cc2Cl)c(O)c1. The molecule has 6 nitrogen and oxygen atoms in total. The minimum absolute atomic E-state index is 0.0929. The maximum atomic E-state index is 11.8. The van der Waals surface area contributed by atoms with E-state index < -0.39 is 5.91 Å². The molecule has 2 N–H and O–H groups in total. The minimum Gasteiger partial charge on any atom is -0.507 e. The van der Waals surface area contributed by atoms with E-state index in [1.807, 2.05) is 6.07 Å². The fraction of sp³-hybridized carbons (Fsp3) is 0.263. The zero-order valence-corrected chi connectivity index (χ0v) is 17.4. The highest BCUT2D eigenvalue weighted by molar-refractivity contribution is 9.10. The van der Waals surface area contributed by atoms with Crippen LogP contribution in [0.25, 0.3) is 0 Å². The van der Waals surface area contributed by atoms with E-state index in [-0.39, 0.29) is 12.4 Å². The molecule has 1 amide bonds. The fourth-order valence-corrected chi connectivity index (χ4v) is 3.10. The van der Waals surface area contributed by atoms with Gasteiger partial charge in [-0.05, 0) is 44.2 Å². The van der Waals surface area contributed by atoms with Crippen molar-refractivity contribution in [3.63, 3.8) is 0 Å². The van der Waals surface area contributed by atoms with Gasteiger partial charge < -0.3 is 14.7 Å². The number of nitrogens with zero attached hydrogens (tertiary/aromatic N) is 2. The van der Waals surface area contributed by atoms with Gasteiger partial charge in [-0.15, -0.1) is 0 Å². The number of aromatic hydroxyl groups is 1. The first-order valence-electron chi connectivity index (χ1n) is 8.42. The van der Waals surface area contributed by atoms with Crippen LogP contribution in [0.3, 0.4) is 0 Å². The first-order chi connectivity index (χ1) is 12.9. The molecular weight excluding hydrogens is 434 g/mol. The van der Waals surface area contributed by atoms with Gasteiger partial charge in [0.25, 0.3) is 5.91 Å². The Morgan fingerprint density at radius 3 is 2.67 bits per heavy atom. The number of amides is 1. The predicted octanol–water partition coefficient (Wildman–Crippen LogP) is 4.18. The number of phenolic OH excluding ortho intramolecular Hbond substituents is 1. The van der Waals surface area contributed by atoms with Gasteiger partial charge >= 0.3 is 0 Å². The first-order valence-corrected chi connectivity index (χ1v) is 9.59. The second kappa shape index (κ2) is 10.2. The summed E-state index contributed by atoms with van der Waals surface area (Å²) in [6, 6.07) is 10.4. The van der Waals surface area contributed by atoms with Gasteiger partial charge in [-0.3, -0.25) is 4.79 Å². The Balaban J connectivity index is 1.90. The third-order valence-electron chi connectivity index (χ3n) is 3.79. The molecule has 0 aliphatic carbocycles. The molecule has 2 rings (SSSR count). The summed E-state index contributed by atoms with van der Waals surface area (Å²) in [5.74, 6) is 0.0587. The number of nitrogens with one attached hydrogen (secondary N) is 1. The highest BCUT2D eigenvalue weighted by Crippen LogP contribution is 2.27. The van der Waals surface area contributed by atoms with Crippen LogP contribution in [-0.2, 0) is 4.79 Å². The maximum Gasteiger partial charge on any atom is 0.277 e. The second-order valence-electron chi connectivity index (χ2n) is 5.57. The summed E-state index contributed by atoms with van der Waals surface area (Å²) in [5.41, 5.74) is 3.78. The summed E-state index contributed by atoms with van der Waals surface area (Å²) in [7, 11) is 0. The quantitative estimate of drug-likeness (QED) is 0.463. The van der Waals surface area contributed by atoms with Gasteiger partial charge in [0.2, 0.25) is 0 Å². The molecule has 0 fully saturated rings. The van der Waals surface area contributed by atoms with Gasteiger partial charge in [-0.1, -0.05) is 27.5 Å². The Labute approximate surface area is 171 Å².